The first kappa shape index (κ1) is 50.3. The predicted molar refractivity (Wildman–Crippen MR) is 378 cm³/mol. The molecule has 5 heterocycles. The minimum Gasteiger partial charge on any atom is -0.456 e. The van der Waals surface area contributed by atoms with Crippen LogP contribution in [0.3, 0.4) is 0 Å². The Labute approximate surface area is 520 Å². The van der Waals surface area contributed by atoms with Crippen molar-refractivity contribution in [2.45, 2.75) is 0 Å². The van der Waals surface area contributed by atoms with Gasteiger partial charge in [-0.25, -0.2) is 0 Å². The molecule has 0 bridgehead atoms. The zero-order valence-corrected chi connectivity index (χ0v) is 48.9. The second-order valence-electron chi connectivity index (χ2n) is 23.9. The van der Waals surface area contributed by atoms with Gasteiger partial charge in [0.05, 0.1) is 39.1 Å². The van der Waals surface area contributed by atoms with E-state index in [9.17, 15) is 0 Å². The second kappa shape index (κ2) is 19.8. The van der Waals surface area contributed by atoms with Crippen LogP contribution >= 0.6 is 0 Å². The first-order chi connectivity index (χ1) is 44.7. The molecule has 0 saturated carbocycles. The third-order valence-electron chi connectivity index (χ3n) is 19.1. The van der Waals surface area contributed by atoms with E-state index in [2.05, 4.69) is 340 Å². The van der Waals surface area contributed by atoms with Crippen molar-refractivity contribution in [1.82, 2.24) is 9.13 Å². The quantitative estimate of drug-likeness (QED) is 0.142. The van der Waals surface area contributed by atoms with Gasteiger partial charge in [0, 0.05) is 83.0 Å². The molecule has 0 spiro atoms. The molecule has 0 fully saturated rings. The number of fused-ring (bicyclic) bond motifs is 13. The number of anilines is 6. The molecule has 3 aromatic heterocycles. The molecule has 418 valence electrons. The minimum absolute atomic E-state index is 0.227. The fourth-order valence-electron chi connectivity index (χ4n) is 15.3. The molecule has 2 aliphatic heterocycles. The summed E-state index contributed by atoms with van der Waals surface area (Å²) in [7, 11) is 0. The van der Waals surface area contributed by atoms with Crippen LogP contribution in [0.15, 0.2) is 326 Å². The van der Waals surface area contributed by atoms with E-state index in [-0.39, 0.29) is 6.71 Å². The van der Waals surface area contributed by atoms with Gasteiger partial charge in [0.2, 0.25) is 0 Å². The van der Waals surface area contributed by atoms with E-state index >= 15 is 0 Å². The van der Waals surface area contributed by atoms with Gasteiger partial charge in [-0.05, 0) is 124 Å². The molecule has 2 aliphatic rings. The molecule has 0 saturated heterocycles. The van der Waals surface area contributed by atoms with Gasteiger partial charge in [0.1, 0.15) is 11.2 Å². The summed E-state index contributed by atoms with van der Waals surface area (Å²) in [6, 6.07) is 119. The van der Waals surface area contributed by atoms with Crippen LogP contribution < -0.4 is 26.2 Å². The fourth-order valence-corrected chi connectivity index (χ4v) is 15.3. The van der Waals surface area contributed by atoms with Gasteiger partial charge in [-0.15, -0.1) is 0 Å². The Morgan fingerprint density at radius 2 is 0.656 bits per heavy atom. The van der Waals surface area contributed by atoms with E-state index in [4.69, 9.17) is 4.42 Å². The Morgan fingerprint density at radius 3 is 1.22 bits per heavy atom. The van der Waals surface area contributed by atoms with E-state index in [1.54, 1.807) is 0 Å². The van der Waals surface area contributed by atoms with Crippen molar-refractivity contribution in [3.63, 3.8) is 0 Å². The zero-order valence-electron chi connectivity index (χ0n) is 48.9. The number of rotatable bonds is 8. The molecule has 90 heavy (non-hydrogen) atoms. The summed E-state index contributed by atoms with van der Waals surface area (Å²) in [4.78, 5) is 5.27. The second-order valence-corrected chi connectivity index (χ2v) is 23.9. The van der Waals surface area contributed by atoms with Crippen LogP contribution in [-0.4, -0.2) is 15.8 Å². The lowest BCUT2D eigenvalue weighted by atomic mass is 9.33. The van der Waals surface area contributed by atoms with Crippen molar-refractivity contribution in [2.75, 3.05) is 9.80 Å². The fraction of sp³-hybridized carbons (Fsp3) is 0. The lowest BCUT2D eigenvalue weighted by molar-refractivity contribution is 0.669. The summed E-state index contributed by atoms with van der Waals surface area (Å²) in [5, 5.41) is 7.03. The number of nitrogens with zero attached hydrogens (tertiary/aromatic N) is 4. The van der Waals surface area contributed by atoms with Gasteiger partial charge in [-0.1, -0.05) is 237 Å². The summed E-state index contributed by atoms with van der Waals surface area (Å²) in [5.41, 5.74) is 28.1. The molecule has 0 N–H and O–H groups in total. The van der Waals surface area contributed by atoms with Gasteiger partial charge in [0.25, 0.3) is 6.71 Å². The average molecular weight is 1150 g/mol. The van der Waals surface area contributed by atoms with Gasteiger partial charge in [-0.2, -0.15) is 0 Å². The van der Waals surface area contributed by atoms with E-state index in [1.165, 1.54) is 49.0 Å². The number of benzene rings is 14. The topological polar surface area (TPSA) is 29.5 Å². The largest absolute Gasteiger partial charge is 0.456 e. The normalized spacial score (nSPS) is 12.6. The van der Waals surface area contributed by atoms with Crippen molar-refractivity contribution in [3.8, 4) is 55.9 Å². The number of para-hydroxylation sites is 9. The molecular formula is C84H53BN4O. The molecule has 0 amide bonds. The van der Waals surface area contributed by atoms with Crippen LogP contribution in [0, 0.1) is 0 Å². The highest BCUT2D eigenvalue weighted by Gasteiger charge is 2.46. The minimum atomic E-state index is -0.227. The smallest absolute Gasteiger partial charge is 0.252 e. The van der Waals surface area contributed by atoms with Gasteiger partial charge in [-0.3, -0.25) is 0 Å². The van der Waals surface area contributed by atoms with E-state index in [0.717, 1.165) is 123 Å². The van der Waals surface area contributed by atoms with Crippen LogP contribution in [0.2, 0.25) is 0 Å². The van der Waals surface area contributed by atoms with E-state index < -0.39 is 0 Å². The molecule has 0 unspecified atom stereocenters. The molecule has 5 nitrogen and oxygen atoms in total. The maximum Gasteiger partial charge on any atom is 0.252 e. The maximum absolute atomic E-state index is 6.54. The first-order valence-electron chi connectivity index (χ1n) is 31.0. The SMILES string of the molecule is c1ccc(-c2ccccc2N2c3cc(-n4c5ccccc5c5ccccc54)cc4c3B(c3cccc(-c5ccc6oc7ccccc7c6c5)c32)c2cccc(-c3ccc5c(c3)c3ccccc3n5-c3ccccc3)c2N4c2ccccc2-c2ccccc2)cc1. The summed E-state index contributed by atoms with van der Waals surface area (Å²) < 4.78 is 11.5. The third-order valence-corrected chi connectivity index (χ3v) is 19.1. The molecule has 6 heteroatoms. The Balaban J connectivity index is 0.974. The van der Waals surface area contributed by atoms with Crippen LogP contribution in [0.5, 0.6) is 0 Å². The van der Waals surface area contributed by atoms with Crippen LogP contribution in [0.1, 0.15) is 0 Å². The van der Waals surface area contributed by atoms with E-state index in [1.807, 2.05) is 0 Å². The Hall–Kier alpha value is -11.9. The van der Waals surface area contributed by atoms with Gasteiger partial charge in [0.15, 0.2) is 0 Å². The Kier molecular flexibility index (Phi) is 11.1. The van der Waals surface area contributed by atoms with Crippen LogP contribution in [-0.2, 0) is 0 Å². The van der Waals surface area contributed by atoms with Crippen molar-refractivity contribution < 1.29 is 4.42 Å². The van der Waals surface area contributed by atoms with Crippen LogP contribution in [0.4, 0.5) is 34.1 Å². The standard InChI is InChI=1S/C84H53BN4O/c1-4-24-54(25-5-1)60-30-10-16-40-72(60)88-78-52-59(87-74-42-18-12-32-64(74)65-33-13-19-43-75(65)87)53-79-82(78)85(70-38-22-36-62(83(70)88)56-46-48-77-68(50-56)66-34-14-20-44-76(66)86(77)58-28-8-3-9-29-58)71-39-23-37-63(57-47-49-81-69(51-57)67-35-15-21-45-80(67)90-81)84(71)89(79)73-41-17-11-31-61(73)55-26-6-2-7-27-55/h1-53H. The highest BCUT2D eigenvalue weighted by Crippen LogP contribution is 2.53. The number of aromatic nitrogens is 2. The lowest BCUT2D eigenvalue weighted by Gasteiger charge is -2.46. The van der Waals surface area contributed by atoms with Crippen molar-refractivity contribution in [1.29, 1.82) is 0 Å². The highest BCUT2D eigenvalue weighted by molar-refractivity contribution is 7.00. The number of furan rings is 1. The molecule has 17 aromatic rings. The third kappa shape index (κ3) is 7.46. The van der Waals surface area contributed by atoms with Crippen molar-refractivity contribution in [2.24, 2.45) is 0 Å². The molecule has 19 rings (SSSR count). The van der Waals surface area contributed by atoms with Crippen molar-refractivity contribution in [3.05, 3.63) is 322 Å². The first-order valence-corrected chi connectivity index (χ1v) is 31.0. The Morgan fingerprint density at radius 1 is 0.244 bits per heavy atom. The number of hydrogen-bond acceptors (Lipinski definition) is 3. The molecule has 0 atom stereocenters. The predicted octanol–water partition coefficient (Wildman–Crippen LogP) is 20.5. The monoisotopic (exact) mass is 1140 g/mol. The molecule has 0 radical (unpaired) electrons. The molecule has 0 aliphatic carbocycles. The highest BCUT2D eigenvalue weighted by atomic mass is 16.3. The number of hydrogen-bond donors (Lipinski definition) is 0. The lowest BCUT2D eigenvalue weighted by Crippen LogP contribution is -2.61. The molecular weight excluding hydrogens is 1090 g/mol. The Bertz CT molecular complexity index is 5710. The van der Waals surface area contributed by atoms with Gasteiger partial charge >= 0.3 is 0 Å². The van der Waals surface area contributed by atoms with Gasteiger partial charge < -0.3 is 23.4 Å². The molecule has 14 aromatic carbocycles. The average Bonchev–Trinajstić information content (AvgIpc) is 0.776. The summed E-state index contributed by atoms with van der Waals surface area (Å²) in [6.07, 6.45) is 0. The van der Waals surface area contributed by atoms with Crippen LogP contribution in [0.25, 0.3) is 121 Å². The summed E-state index contributed by atoms with van der Waals surface area (Å²) in [5.74, 6) is 0. The van der Waals surface area contributed by atoms with Crippen molar-refractivity contribution >= 4 is 123 Å². The zero-order chi connectivity index (χ0) is 59.0. The van der Waals surface area contributed by atoms with E-state index in [0.29, 0.717) is 0 Å². The summed E-state index contributed by atoms with van der Waals surface area (Å²) >= 11 is 0. The maximum atomic E-state index is 6.54. The summed E-state index contributed by atoms with van der Waals surface area (Å²) in [6.45, 7) is -0.227.